The first-order valence-corrected chi connectivity index (χ1v) is 5.49. The summed E-state index contributed by atoms with van der Waals surface area (Å²) in [5.74, 6) is -0.319. The third-order valence-corrected chi connectivity index (χ3v) is 2.60. The number of rotatable bonds is 2. The Labute approximate surface area is 109 Å². The summed E-state index contributed by atoms with van der Waals surface area (Å²) in [4.78, 5) is 15.7. The molecular weight excluding hydrogens is 250 g/mol. The summed E-state index contributed by atoms with van der Waals surface area (Å²) in [5, 5.41) is 11.8. The van der Waals surface area contributed by atoms with E-state index in [0.29, 0.717) is 21.8 Å². The van der Waals surface area contributed by atoms with E-state index in [-0.39, 0.29) is 5.91 Å². The molecule has 0 atom stereocenters. The number of carbonyl (C=O) groups excluding carboxylic acids is 1. The van der Waals surface area contributed by atoms with Crippen LogP contribution in [0.5, 0.6) is 0 Å². The quantitative estimate of drug-likeness (QED) is 0.900. The first-order chi connectivity index (χ1) is 8.70. The average Bonchev–Trinajstić information content (AvgIpc) is 2.42. The second kappa shape index (κ2) is 5.30. The van der Waals surface area contributed by atoms with E-state index in [1.807, 2.05) is 6.07 Å². The van der Waals surface area contributed by atoms with Crippen LogP contribution in [0.3, 0.4) is 0 Å². The monoisotopic (exact) mass is 257 g/mol. The molecule has 0 radical (unpaired) electrons. The number of benzene rings is 1. The Bertz CT molecular complexity index is 620. The molecule has 0 bridgehead atoms. The van der Waals surface area contributed by atoms with Gasteiger partial charge in [-0.2, -0.15) is 5.26 Å². The van der Waals surface area contributed by atoms with Gasteiger partial charge in [-0.25, -0.2) is 0 Å². The molecule has 0 spiro atoms. The molecular formula is C13H8ClN3O. The van der Waals surface area contributed by atoms with Crippen molar-refractivity contribution in [2.75, 3.05) is 5.32 Å². The Balaban J connectivity index is 2.25. The molecule has 4 nitrogen and oxygen atoms in total. The fraction of sp³-hybridized carbons (Fsp3) is 0. The molecule has 0 aliphatic heterocycles. The number of carbonyl (C=O) groups is 1. The molecule has 0 unspecified atom stereocenters. The number of pyridine rings is 1. The molecule has 1 N–H and O–H groups in total. The Morgan fingerprint density at radius 2 is 2.22 bits per heavy atom. The van der Waals surface area contributed by atoms with E-state index >= 15 is 0 Å². The highest BCUT2D eigenvalue weighted by Crippen LogP contribution is 2.23. The van der Waals surface area contributed by atoms with Crippen molar-refractivity contribution in [2.24, 2.45) is 0 Å². The van der Waals surface area contributed by atoms with Crippen molar-refractivity contribution >= 4 is 23.2 Å². The molecule has 2 aromatic rings. The summed E-state index contributed by atoms with van der Waals surface area (Å²) in [6, 6.07) is 9.98. The Morgan fingerprint density at radius 1 is 1.39 bits per heavy atom. The number of nitrogens with zero attached hydrogens (tertiary/aromatic N) is 2. The minimum atomic E-state index is -0.319. The fourth-order valence-corrected chi connectivity index (χ4v) is 1.55. The Kier molecular flexibility index (Phi) is 3.56. The normalized spacial score (nSPS) is 9.56. The molecule has 0 fully saturated rings. The summed E-state index contributed by atoms with van der Waals surface area (Å²) in [7, 11) is 0. The molecule has 1 aromatic heterocycles. The van der Waals surface area contributed by atoms with E-state index in [4.69, 9.17) is 16.9 Å². The van der Waals surface area contributed by atoms with Crippen LogP contribution in [-0.2, 0) is 0 Å². The van der Waals surface area contributed by atoms with Crippen LogP contribution in [0.25, 0.3) is 0 Å². The maximum atomic E-state index is 11.9. The van der Waals surface area contributed by atoms with Gasteiger partial charge in [-0.05, 0) is 30.3 Å². The van der Waals surface area contributed by atoms with Gasteiger partial charge in [-0.15, -0.1) is 0 Å². The summed E-state index contributed by atoms with van der Waals surface area (Å²) in [6.07, 6.45) is 3.04. The third-order valence-electron chi connectivity index (χ3n) is 2.27. The topological polar surface area (TPSA) is 65.8 Å². The zero-order valence-corrected chi connectivity index (χ0v) is 9.98. The van der Waals surface area contributed by atoms with E-state index in [2.05, 4.69) is 10.3 Å². The van der Waals surface area contributed by atoms with E-state index in [1.54, 1.807) is 30.5 Å². The smallest absolute Gasteiger partial charge is 0.257 e. The highest BCUT2D eigenvalue weighted by molar-refractivity contribution is 6.34. The van der Waals surface area contributed by atoms with Crippen molar-refractivity contribution in [2.45, 2.75) is 0 Å². The number of hydrogen-bond acceptors (Lipinski definition) is 3. The van der Waals surface area contributed by atoms with Crippen molar-refractivity contribution in [3.05, 3.63) is 58.9 Å². The zero-order chi connectivity index (χ0) is 13.0. The SMILES string of the molecule is N#Cc1ccc(Cl)c(NC(=O)c2cccnc2)c1. The van der Waals surface area contributed by atoms with Crippen molar-refractivity contribution in [1.29, 1.82) is 5.26 Å². The molecule has 1 amide bonds. The van der Waals surface area contributed by atoms with Crippen LogP contribution in [0.15, 0.2) is 42.7 Å². The van der Waals surface area contributed by atoms with Crippen LogP contribution in [0, 0.1) is 11.3 Å². The molecule has 0 saturated heterocycles. The number of aromatic nitrogens is 1. The Morgan fingerprint density at radius 3 is 2.89 bits per heavy atom. The third kappa shape index (κ3) is 2.65. The Hall–Kier alpha value is -2.38. The van der Waals surface area contributed by atoms with Crippen LogP contribution in [0.4, 0.5) is 5.69 Å². The second-order valence-electron chi connectivity index (χ2n) is 3.50. The molecule has 0 aliphatic rings. The lowest BCUT2D eigenvalue weighted by atomic mass is 10.2. The standard InChI is InChI=1S/C13H8ClN3O/c14-11-4-3-9(7-15)6-12(11)17-13(18)10-2-1-5-16-8-10/h1-6,8H,(H,17,18). The lowest BCUT2D eigenvalue weighted by molar-refractivity contribution is 0.102. The van der Waals surface area contributed by atoms with Gasteiger partial charge in [0.05, 0.1) is 27.9 Å². The van der Waals surface area contributed by atoms with Gasteiger partial charge < -0.3 is 5.32 Å². The minimum absolute atomic E-state index is 0.319. The van der Waals surface area contributed by atoms with Crippen molar-refractivity contribution in [3.63, 3.8) is 0 Å². The van der Waals surface area contributed by atoms with Gasteiger partial charge in [0, 0.05) is 12.4 Å². The first-order valence-electron chi connectivity index (χ1n) is 5.12. The van der Waals surface area contributed by atoms with Crippen molar-refractivity contribution in [3.8, 4) is 6.07 Å². The van der Waals surface area contributed by atoms with Gasteiger partial charge in [-0.1, -0.05) is 11.6 Å². The minimum Gasteiger partial charge on any atom is -0.321 e. The number of halogens is 1. The number of nitrogens with one attached hydrogen (secondary N) is 1. The molecule has 0 aliphatic carbocycles. The lowest BCUT2D eigenvalue weighted by Crippen LogP contribution is -2.12. The highest BCUT2D eigenvalue weighted by atomic mass is 35.5. The van der Waals surface area contributed by atoms with E-state index in [0.717, 1.165) is 0 Å². The van der Waals surface area contributed by atoms with Crippen LogP contribution in [0.1, 0.15) is 15.9 Å². The number of hydrogen-bond donors (Lipinski definition) is 1. The van der Waals surface area contributed by atoms with E-state index < -0.39 is 0 Å². The molecule has 18 heavy (non-hydrogen) atoms. The fourth-order valence-electron chi connectivity index (χ4n) is 1.38. The highest BCUT2D eigenvalue weighted by Gasteiger charge is 2.08. The lowest BCUT2D eigenvalue weighted by Gasteiger charge is -2.07. The van der Waals surface area contributed by atoms with Crippen LogP contribution < -0.4 is 5.32 Å². The van der Waals surface area contributed by atoms with Gasteiger partial charge in [0.15, 0.2) is 0 Å². The van der Waals surface area contributed by atoms with E-state index in [9.17, 15) is 4.79 Å². The van der Waals surface area contributed by atoms with Crippen LogP contribution >= 0.6 is 11.6 Å². The predicted octanol–water partition coefficient (Wildman–Crippen LogP) is 2.86. The van der Waals surface area contributed by atoms with Gasteiger partial charge in [-0.3, -0.25) is 9.78 Å². The first kappa shape index (κ1) is 12.1. The number of amides is 1. The summed E-state index contributed by atoms with van der Waals surface area (Å²) in [6.45, 7) is 0. The largest absolute Gasteiger partial charge is 0.321 e. The maximum absolute atomic E-state index is 11.9. The molecule has 88 valence electrons. The van der Waals surface area contributed by atoms with E-state index in [1.165, 1.54) is 12.3 Å². The predicted molar refractivity (Wildman–Crippen MR) is 68.4 cm³/mol. The molecule has 1 aromatic carbocycles. The number of nitriles is 1. The maximum Gasteiger partial charge on any atom is 0.257 e. The average molecular weight is 258 g/mol. The van der Waals surface area contributed by atoms with Gasteiger partial charge in [0.25, 0.3) is 5.91 Å². The summed E-state index contributed by atoms with van der Waals surface area (Å²) >= 11 is 5.94. The molecule has 5 heteroatoms. The molecule has 2 rings (SSSR count). The van der Waals surface area contributed by atoms with Crippen molar-refractivity contribution in [1.82, 2.24) is 4.98 Å². The molecule has 0 saturated carbocycles. The van der Waals surface area contributed by atoms with Gasteiger partial charge >= 0.3 is 0 Å². The van der Waals surface area contributed by atoms with Gasteiger partial charge in [0.1, 0.15) is 0 Å². The summed E-state index contributed by atoms with van der Waals surface area (Å²) < 4.78 is 0. The zero-order valence-electron chi connectivity index (χ0n) is 9.22. The van der Waals surface area contributed by atoms with Crippen LogP contribution in [-0.4, -0.2) is 10.9 Å². The second-order valence-corrected chi connectivity index (χ2v) is 3.91. The molecule has 1 heterocycles. The van der Waals surface area contributed by atoms with Gasteiger partial charge in [0.2, 0.25) is 0 Å². The number of anilines is 1. The van der Waals surface area contributed by atoms with Crippen LogP contribution in [0.2, 0.25) is 5.02 Å². The summed E-state index contributed by atoms with van der Waals surface area (Å²) in [5.41, 5.74) is 1.27. The van der Waals surface area contributed by atoms with Crippen molar-refractivity contribution < 1.29 is 4.79 Å².